The predicted molar refractivity (Wildman–Crippen MR) is 66.3 cm³/mol. The molecule has 0 bridgehead atoms. The molecule has 2 N–H and O–H groups in total. The maximum absolute atomic E-state index is 11.7. The standard InChI is InChI=1S/C10H11N3O2S2/c1-6-9(17-13-12-6)10(15)11-4-8(14)7-2-3-16-5-7/h2-3,5,8,14H,4H2,1H3,(H,11,15). The number of carbonyl (C=O) groups excluding carboxylic acids is 1. The van der Waals surface area contributed by atoms with E-state index in [1.807, 2.05) is 16.8 Å². The van der Waals surface area contributed by atoms with Crippen molar-refractivity contribution in [3.05, 3.63) is 33.0 Å². The Hall–Kier alpha value is -1.31. The SMILES string of the molecule is Cc1nnsc1C(=O)NCC(O)c1ccsc1. The lowest BCUT2D eigenvalue weighted by Crippen LogP contribution is -2.28. The van der Waals surface area contributed by atoms with Crippen LogP contribution in [0.5, 0.6) is 0 Å². The van der Waals surface area contributed by atoms with Crippen LogP contribution in [0.2, 0.25) is 0 Å². The van der Waals surface area contributed by atoms with E-state index < -0.39 is 6.10 Å². The van der Waals surface area contributed by atoms with E-state index >= 15 is 0 Å². The van der Waals surface area contributed by atoms with E-state index in [9.17, 15) is 9.90 Å². The number of nitrogens with zero attached hydrogens (tertiary/aromatic N) is 2. The van der Waals surface area contributed by atoms with Crippen molar-refractivity contribution in [3.8, 4) is 0 Å². The molecule has 2 heterocycles. The molecule has 90 valence electrons. The number of hydrogen-bond acceptors (Lipinski definition) is 6. The molecule has 0 radical (unpaired) electrons. The molecule has 5 nitrogen and oxygen atoms in total. The predicted octanol–water partition coefficient (Wildman–Crippen LogP) is 1.37. The van der Waals surface area contributed by atoms with Crippen LogP contribution in [0.4, 0.5) is 0 Å². The lowest BCUT2D eigenvalue weighted by Gasteiger charge is -2.09. The first-order chi connectivity index (χ1) is 8.18. The van der Waals surface area contributed by atoms with Gasteiger partial charge in [-0.3, -0.25) is 4.79 Å². The van der Waals surface area contributed by atoms with E-state index in [1.165, 1.54) is 11.3 Å². The van der Waals surface area contributed by atoms with Gasteiger partial charge in [-0.05, 0) is 40.8 Å². The maximum Gasteiger partial charge on any atom is 0.265 e. The molecule has 0 saturated heterocycles. The van der Waals surface area contributed by atoms with Crippen molar-refractivity contribution in [3.63, 3.8) is 0 Å². The van der Waals surface area contributed by atoms with Crippen molar-refractivity contribution in [2.75, 3.05) is 6.54 Å². The number of amides is 1. The van der Waals surface area contributed by atoms with Crippen LogP contribution < -0.4 is 5.32 Å². The molecule has 0 aliphatic rings. The Labute approximate surface area is 106 Å². The second-order valence-corrected chi connectivity index (χ2v) is 5.00. The van der Waals surface area contributed by atoms with Crippen LogP contribution in [0.3, 0.4) is 0 Å². The summed E-state index contributed by atoms with van der Waals surface area (Å²) in [6.45, 7) is 1.92. The second kappa shape index (κ2) is 5.35. The minimum Gasteiger partial charge on any atom is -0.387 e. The monoisotopic (exact) mass is 269 g/mol. The second-order valence-electron chi connectivity index (χ2n) is 3.47. The highest BCUT2D eigenvalue weighted by Gasteiger charge is 2.15. The van der Waals surface area contributed by atoms with Crippen LogP contribution in [-0.2, 0) is 0 Å². The summed E-state index contributed by atoms with van der Waals surface area (Å²) in [5, 5.41) is 20.0. The average Bonchev–Trinajstić information content (AvgIpc) is 2.95. The molecule has 0 spiro atoms. The number of carbonyl (C=O) groups is 1. The molecule has 2 rings (SSSR count). The lowest BCUT2D eigenvalue weighted by molar-refractivity contribution is 0.0920. The number of thiophene rings is 1. The van der Waals surface area contributed by atoms with Crippen molar-refractivity contribution >= 4 is 28.8 Å². The number of aromatic nitrogens is 2. The van der Waals surface area contributed by atoms with Gasteiger partial charge >= 0.3 is 0 Å². The molecule has 2 aromatic heterocycles. The van der Waals surface area contributed by atoms with Gasteiger partial charge in [0.15, 0.2) is 0 Å². The summed E-state index contributed by atoms with van der Waals surface area (Å²) in [5.41, 5.74) is 1.42. The molecule has 0 fully saturated rings. The number of nitrogens with one attached hydrogen (secondary N) is 1. The zero-order valence-electron chi connectivity index (χ0n) is 9.08. The first-order valence-electron chi connectivity index (χ1n) is 4.96. The largest absolute Gasteiger partial charge is 0.387 e. The average molecular weight is 269 g/mol. The molecular formula is C10H11N3O2S2. The summed E-state index contributed by atoms with van der Waals surface area (Å²) in [6.07, 6.45) is -0.675. The third kappa shape index (κ3) is 2.87. The molecule has 1 amide bonds. The molecular weight excluding hydrogens is 258 g/mol. The zero-order valence-corrected chi connectivity index (χ0v) is 10.7. The highest BCUT2D eigenvalue weighted by molar-refractivity contribution is 7.08. The Morgan fingerprint density at radius 1 is 1.65 bits per heavy atom. The van der Waals surface area contributed by atoms with Gasteiger partial charge in [-0.2, -0.15) is 11.3 Å². The van der Waals surface area contributed by atoms with Gasteiger partial charge in [0.25, 0.3) is 5.91 Å². The fraction of sp³-hybridized carbons (Fsp3) is 0.300. The normalized spacial score (nSPS) is 12.4. The lowest BCUT2D eigenvalue weighted by atomic mass is 10.2. The maximum atomic E-state index is 11.7. The first-order valence-corrected chi connectivity index (χ1v) is 6.67. The van der Waals surface area contributed by atoms with Gasteiger partial charge < -0.3 is 10.4 Å². The summed E-state index contributed by atoms with van der Waals surface area (Å²) >= 11 is 2.57. The van der Waals surface area contributed by atoms with E-state index in [0.29, 0.717) is 10.6 Å². The van der Waals surface area contributed by atoms with Gasteiger partial charge in [0.2, 0.25) is 0 Å². The third-order valence-corrected chi connectivity index (χ3v) is 3.77. The Morgan fingerprint density at radius 2 is 2.47 bits per heavy atom. The molecule has 1 unspecified atom stereocenters. The van der Waals surface area contributed by atoms with Crippen molar-refractivity contribution in [2.45, 2.75) is 13.0 Å². The number of aliphatic hydroxyl groups is 1. The van der Waals surface area contributed by atoms with Gasteiger partial charge in [-0.15, -0.1) is 5.10 Å². The quantitative estimate of drug-likeness (QED) is 0.879. The third-order valence-electron chi connectivity index (χ3n) is 2.24. The minimum atomic E-state index is -0.675. The summed E-state index contributed by atoms with van der Waals surface area (Å²) in [7, 11) is 0. The number of aliphatic hydroxyl groups excluding tert-OH is 1. The Morgan fingerprint density at radius 3 is 3.06 bits per heavy atom. The van der Waals surface area contributed by atoms with Gasteiger partial charge in [0.1, 0.15) is 4.88 Å². The minimum absolute atomic E-state index is 0.187. The Kier molecular flexibility index (Phi) is 3.82. The van der Waals surface area contributed by atoms with Crippen LogP contribution in [-0.4, -0.2) is 27.1 Å². The Balaban J connectivity index is 1.91. The highest BCUT2D eigenvalue weighted by atomic mass is 32.1. The molecule has 0 aliphatic heterocycles. The van der Waals surface area contributed by atoms with E-state index in [4.69, 9.17) is 0 Å². The van der Waals surface area contributed by atoms with Crippen LogP contribution in [0, 0.1) is 6.92 Å². The van der Waals surface area contributed by atoms with Crippen molar-refractivity contribution < 1.29 is 9.90 Å². The van der Waals surface area contributed by atoms with Gasteiger partial charge in [-0.25, -0.2) is 0 Å². The molecule has 0 aliphatic carbocycles. The van der Waals surface area contributed by atoms with Gasteiger partial charge in [0.05, 0.1) is 11.8 Å². The van der Waals surface area contributed by atoms with Crippen LogP contribution in [0.25, 0.3) is 0 Å². The smallest absolute Gasteiger partial charge is 0.265 e. The molecule has 0 saturated carbocycles. The van der Waals surface area contributed by atoms with Crippen LogP contribution >= 0.6 is 22.9 Å². The van der Waals surface area contributed by atoms with E-state index in [-0.39, 0.29) is 12.5 Å². The topological polar surface area (TPSA) is 75.1 Å². The van der Waals surface area contributed by atoms with E-state index in [0.717, 1.165) is 17.1 Å². The van der Waals surface area contributed by atoms with Gasteiger partial charge in [0, 0.05) is 6.54 Å². The fourth-order valence-electron chi connectivity index (χ4n) is 1.29. The molecule has 1 atom stereocenters. The van der Waals surface area contributed by atoms with E-state index in [2.05, 4.69) is 14.9 Å². The summed E-state index contributed by atoms with van der Waals surface area (Å²) in [6, 6.07) is 1.83. The first kappa shape index (κ1) is 12.2. The Bertz CT molecular complexity index is 495. The number of hydrogen-bond donors (Lipinski definition) is 2. The molecule has 7 heteroatoms. The number of rotatable bonds is 4. The van der Waals surface area contributed by atoms with Crippen molar-refractivity contribution in [2.24, 2.45) is 0 Å². The van der Waals surface area contributed by atoms with Crippen molar-refractivity contribution in [1.82, 2.24) is 14.9 Å². The highest BCUT2D eigenvalue weighted by Crippen LogP contribution is 2.15. The molecule has 2 aromatic rings. The molecule has 17 heavy (non-hydrogen) atoms. The summed E-state index contributed by atoms with van der Waals surface area (Å²) in [5.74, 6) is -0.244. The summed E-state index contributed by atoms with van der Waals surface area (Å²) < 4.78 is 3.69. The van der Waals surface area contributed by atoms with Gasteiger partial charge in [-0.1, -0.05) is 4.49 Å². The van der Waals surface area contributed by atoms with Crippen LogP contribution in [0.1, 0.15) is 27.0 Å². The van der Waals surface area contributed by atoms with Crippen molar-refractivity contribution in [1.29, 1.82) is 0 Å². The molecule has 0 aromatic carbocycles. The number of aryl methyl sites for hydroxylation is 1. The fourth-order valence-corrected chi connectivity index (χ4v) is 2.57. The van der Waals surface area contributed by atoms with E-state index in [1.54, 1.807) is 6.92 Å². The van der Waals surface area contributed by atoms with Crippen LogP contribution in [0.15, 0.2) is 16.8 Å². The summed E-state index contributed by atoms with van der Waals surface area (Å²) in [4.78, 5) is 12.2. The zero-order chi connectivity index (χ0) is 12.3.